The molecule has 1 heterocycles. The van der Waals surface area contributed by atoms with Gasteiger partial charge in [0.1, 0.15) is 41.2 Å². The highest BCUT2D eigenvalue weighted by atomic mass is 28.4. The van der Waals surface area contributed by atoms with Gasteiger partial charge in [-0.1, -0.05) is 20.8 Å². The van der Waals surface area contributed by atoms with Gasteiger partial charge in [-0.2, -0.15) is 0 Å². The van der Waals surface area contributed by atoms with Crippen molar-refractivity contribution in [2.75, 3.05) is 20.3 Å². The fraction of sp³-hybridized carbons (Fsp3) is 0.429. The summed E-state index contributed by atoms with van der Waals surface area (Å²) in [7, 11) is -0.838. The third-order valence-corrected chi connectivity index (χ3v) is 9.65. The van der Waals surface area contributed by atoms with E-state index in [9.17, 15) is 18.0 Å². The molecule has 0 saturated heterocycles. The third kappa shape index (κ3) is 5.40. The molecule has 0 bridgehead atoms. The van der Waals surface area contributed by atoms with E-state index in [1.54, 1.807) is 0 Å². The average Bonchev–Trinajstić information content (AvgIpc) is 2.64. The molecule has 0 unspecified atom stereocenters. The van der Waals surface area contributed by atoms with Crippen molar-refractivity contribution in [1.29, 1.82) is 0 Å². The van der Waals surface area contributed by atoms with Gasteiger partial charge in [0.05, 0.1) is 19.3 Å². The van der Waals surface area contributed by atoms with Crippen LogP contribution in [-0.4, -0.2) is 39.6 Å². The Kier molecular flexibility index (Phi) is 7.30. The maximum atomic E-state index is 14.6. The van der Waals surface area contributed by atoms with E-state index in [0.717, 1.165) is 31.4 Å². The summed E-state index contributed by atoms with van der Waals surface area (Å²) in [6.07, 6.45) is 0. The van der Waals surface area contributed by atoms with Crippen LogP contribution in [-0.2, 0) is 9.16 Å². The number of methoxy groups -OCH3 is 1. The zero-order chi connectivity index (χ0) is 22.7. The number of benzene rings is 1. The first-order valence-electron chi connectivity index (χ1n) is 9.38. The second-order valence-corrected chi connectivity index (χ2v) is 13.0. The highest BCUT2D eigenvalue weighted by Crippen LogP contribution is 2.36. The van der Waals surface area contributed by atoms with Gasteiger partial charge in [-0.3, -0.25) is 0 Å². The number of carbonyl (C=O) groups is 1. The number of esters is 1. The molecule has 9 heteroatoms. The predicted molar refractivity (Wildman–Crippen MR) is 110 cm³/mol. The standard InChI is InChI=1S/C21H26F3NO4Si/c1-21(2,3)30(5,6)29-10-9-28-13-11-15(23)18(16(24)12-13)19-14(22)7-8-17(25-19)20(26)27-4/h7-8,11-12H,9-10H2,1-6H3. The summed E-state index contributed by atoms with van der Waals surface area (Å²) in [5, 5.41) is 0.0304. The molecule has 2 rings (SSSR count). The van der Waals surface area contributed by atoms with Crippen molar-refractivity contribution in [3.05, 3.63) is 47.4 Å². The molecule has 1 aromatic heterocycles. The first-order valence-corrected chi connectivity index (χ1v) is 12.3. The van der Waals surface area contributed by atoms with Crippen LogP contribution >= 0.6 is 0 Å². The van der Waals surface area contributed by atoms with E-state index in [1.807, 2.05) is 0 Å². The normalized spacial score (nSPS) is 12.0. The van der Waals surface area contributed by atoms with E-state index < -0.39 is 43.0 Å². The third-order valence-electron chi connectivity index (χ3n) is 5.11. The summed E-state index contributed by atoms with van der Waals surface area (Å²) in [6, 6.07) is 3.85. The van der Waals surface area contributed by atoms with Crippen molar-refractivity contribution in [2.45, 2.75) is 38.9 Å². The summed E-state index contributed by atoms with van der Waals surface area (Å²) in [5.41, 5.74) is -1.58. The molecule has 0 saturated carbocycles. The molecular formula is C21H26F3NO4Si. The molecular weight excluding hydrogens is 415 g/mol. The monoisotopic (exact) mass is 441 g/mol. The lowest BCUT2D eigenvalue weighted by Gasteiger charge is -2.36. The Bertz CT molecular complexity index is 906. The molecule has 0 spiro atoms. The van der Waals surface area contributed by atoms with E-state index in [-0.39, 0.29) is 29.7 Å². The van der Waals surface area contributed by atoms with Gasteiger partial charge in [0.25, 0.3) is 0 Å². The van der Waals surface area contributed by atoms with Crippen molar-refractivity contribution >= 4 is 14.3 Å². The van der Waals surface area contributed by atoms with Crippen LogP contribution < -0.4 is 4.74 Å². The van der Waals surface area contributed by atoms with Crippen LogP contribution in [0.2, 0.25) is 18.1 Å². The lowest BCUT2D eigenvalue weighted by atomic mass is 10.1. The number of carbonyl (C=O) groups excluding carboxylic acids is 1. The Balaban J connectivity index is 2.18. The molecule has 5 nitrogen and oxygen atoms in total. The Labute approximate surface area is 175 Å². The first-order chi connectivity index (χ1) is 13.9. The molecule has 30 heavy (non-hydrogen) atoms. The quantitative estimate of drug-likeness (QED) is 0.329. The Morgan fingerprint density at radius 1 is 1.03 bits per heavy atom. The minimum absolute atomic E-state index is 0.0304. The van der Waals surface area contributed by atoms with Gasteiger partial charge in [-0.05, 0) is 30.3 Å². The fourth-order valence-corrected chi connectivity index (χ4v) is 3.39. The molecule has 2 aromatic rings. The molecule has 0 atom stereocenters. The zero-order valence-corrected chi connectivity index (χ0v) is 18.9. The SMILES string of the molecule is COC(=O)c1ccc(F)c(-c2c(F)cc(OCCO[Si](C)(C)C(C)(C)C)cc2F)n1. The van der Waals surface area contributed by atoms with Crippen molar-refractivity contribution < 1.29 is 31.9 Å². The van der Waals surface area contributed by atoms with Crippen LogP contribution in [0.4, 0.5) is 13.2 Å². The van der Waals surface area contributed by atoms with Crippen LogP contribution in [0, 0.1) is 17.5 Å². The Morgan fingerprint density at radius 3 is 2.17 bits per heavy atom. The van der Waals surface area contributed by atoms with Crippen molar-refractivity contribution in [1.82, 2.24) is 4.98 Å². The number of rotatable bonds is 7. The topological polar surface area (TPSA) is 57.7 Å². The Hall–Kier alpha value is -2.39. The van der Waals surface area contributed by atoms with Gasteiger partial charge in [-0.25, -0.2) is 22.9 Å². The smallest absolute Gasteiger partial charge is 0.356 e. The van der Waals surface area contributed by atoms with E-state index in [4.69, 9.17) is 9.16 Å². The summed E-state index contributed by atoms with van der Waals surface area (Å²) >= 11 is 0. The lowest BCUT2D eigenvalue weighted by molar-refractivity contribution is 0.0594. The van der Waals surface area contributed by atoms with Crippen LogP contribution in [0.1, 0.15) is 31.3 Å². The van der Waals surface area contributed by atoms with Gasteiger partial charge in [0.2, 0.25) is 0 Å². The summed E-state index contributed by atoms with van der Waals surface area (Å²) in [6.45, 7) is 10.9. The van der Waals surface area contributed by atoms with Gasteiger partial charge >= 0.3 is 5.97 Å². The maximum Gasteiger partial charge on any atom is 0.356 e. The average molecular weight is 442 g/mol. The largest absolute Gasteiger partial charge is 0.491 e. The van der Waals surface area contributed by atoms with Crippen LogP contribution in [0.3, 0.4) is 0 Å². The maximum absolute atomic E-state index is 14.6. The summed E-state index contributed by atoms with van der Waals surface area (Å²) < 4.78 is 59.2. The van der Waals surface area contributed by atoms with E-state index in [2.05, 4.69) is 43.6 Å². The molecule has 1 aromatic carbocycles. The molecule has 0 aliphatic rings. The number of pyridine rings is 1. The van der Waals surface area contributed by atoms with Gasteiger partial charge in [0, 0.05) is 12.1 Å². The molecule has 0 fully saturated rings. The summed E-state index contributed by atoms with van der Waals surface area (Å²) in [4.78, 5) is 15.3. The van der Waals surface area contributed by atoms with Crippen molar-refractivity contribution in [2.24, 2.45) is 0 Å². The minimum Gasteiger partial charge on any atom is -0.491 e. The predicted octanol–water partition coefficient (Wildman–Crippen LogP) is 5.35. The molecule has 0 radical (unpaired) electrons. The summed E-state index contributed by atoms with van der Waals surface area (Å²) in [5.74, 6) is -4.01. The lowest BCUT2D eigenvalue weighted by Crippen LogP contribution is -2.41. The fourth-order valence-electron chi connectivity index (χ4n) is 2.37. The second-order valence-electron chi connectivity index (χ2n) is 8.24. The Morgan fingerprint density at radius 2 is 1.63 bits per heavy atom. The number of aromatic nitrogens is 1. The second kappa shape index (κ2) is 9.17. The van der Waals surface area contributed by atoms with Crippen molar-refractivity contribution in [3.8, 4) is 17.0 Å². The number of ether oxygens (including phenoxy) is 2. The van der Waals surface area contributed by atoms with Crippen LogP contribution in [0.25, 0.3) is 11.3 Å². The zero-order valence-electron chi connectivity index (χ0n) is 17.9. The van der Waals surface area contributed by atoms with Gasteiger partial charge < -0.3 is 13.9 Å². The van der Waals surface area contributed by atoms with Crippen LogP contribution in [0.15, 0.2) is 24.3 Å². The number of halogens is 3. The number of hydrogen-bond donors (Lipinski definition) is 0. The van der Waals surface area contributed by atoms with Gasteiger partial charge in [0.15, 0.2) is 8.32 Å². The number of nitrogens with zero attached hydrogens (tertiary/aromatic N) is 1. The molecule has 0 amide bonds. The van der Waals surface area contributed by atoms with E-state index >= 15 is 0 Å². The minimum atomic E-state index is -1.96. The van der Waals surface area contributed by atoms with E-state index in [1.165, 1.54) is 0 Å². The number of hydrogen-bond acceptors (Lipinski definition) is 5. The van der Waals surface area contributed by atoms with Crippen LogP contribution in [0.5, 0.6) is 5.75 Å². The van der Waals surface area contributed by atoms with Crippen molar-refractivity contribution in [3.63, 3.8) is 0 Å². The molecule has 0 N–H and O–H groups in total. The van der Waals surface area contributed by atoms with Gasteiger partial charge in [-0.15, -0.1) is 0 Å². The van der Waals surface area contributed by atoms with E-state index in [0.29, 0.717) is 0 Å². The first kappa shape index (κ1) is 23.9. The highest BCUT2D eigenvalue weighted by molar-refractivity contribution is 6.74. The molecule has 0 aliphatic heterocycles. The highest BCUT2D eigenvalue weighted by Gasteiger charge is 2.36. The molecule has 0 aliphatic carbocycles. The molecule has 164 valence electrons.